The number of rotatable bonds is 3. The second-order valence-electron chi connectivity index (χ2n) is 7.75. The van der Waals surface area contributed by atoms with Crippen LogP contribution in [0.15, 0.2) is 78.4 Å². The van der Waals surface area contributed by atoms with Crippen LogP contribution in [0.2, 0.25) is 0 Å². The Balaban J connectivity index is 2.05. The van der Waals surface area contributed by atoms with E-state index in [2.05, 4.69) is 74.5 Å². The lowest BCUT2D eigenvalue weighted by molar-refractivity contribution is 0.390. The van der Waals surface area contributed by atoms with Crippen molar-refractivity contribution in [1.82, 2.24) is 0 Å². The zero-order valence-electron chi connectivity index (χ0n) is 16.2. The molecule has 4 N–H and O–H groups in total. The highest BCUT2D eigenvalue weighted by Crippen LogP contribution is 2.57. The van der Waals surface area contributed by atoms with Crippen molar-refractivity contribution in [3.63, 3.8) is 0 Å². The molecule has 0 bridgehead atoms. The Labute approximate surface area is 162 Å². The summed E-state index contributed by atoms with van der Waals surface area (Å²) in [6, 6.07) is 17.5. The summed E-state index contributed by atoms with van der Waals surface area (Å²) in [6.07, 6.45) is 11.1. The Kier molecular flexibility index (Phi) is 4.53. The van der Waals surface area contributed by atoms with Crippen LogP contribution in [0.25, 0.3) is 5.57 Å². The molecule has 3 atom stereocenters. The molecule has 4 rings (SSSR count). The molecule has 2 nitrogen and oxygen atoms in total. The van der Waals surface area contributed by atoms with Crippen molar-refractivity contribution in [1.29, 1.82) is 0 Å². The van der Waals surface area contributed by atoms with Gasteiger partial charge in [-0.05, 0) is 72.6 Å². The highest BCUT2D eigenvalue weighted by atomic mass is 14.6. The summed E-state index contributed by atoms with van der Waals surface area (Å²) in [5, 5.41) is 0. The van der Waals surface area contributed by atoms with Gasteiger partial charge in [-0.1, -0.05) is 60.7 Å². The highest BCUT2D eigenvalue weighted by Gasteiger charge is 2.49. The van der Waals surface area contributed by atoms with Crippen molar-refractivity contribution in [2.24, 2.45) is 11.7 Å². The highest BCUT2D eigenvalue weighted by molar-refractivity contribution is 5.84. The molecule has 0 heterocycles. The second kappa shape index (κ2) is 6.86. The average Bonchev–Trinajstić information content (AvgIpc) is 2.93. The summed E-state index contributed by atoms with van der Waals surface area (Å²) >= 11 is 0. The number of nitrogen functional groups attached to an aromatic ring is 1. The van der Waals surface area contributed by atoms with E-state index in [-0.39, 0.29) is 11.5 Å². The van der Waals surface area contributed by atoms with Gasteiger partial charge in [-0.25, -0.2) is 0 Å². The van der Waals surface area contributed by atoms with E-state index in [1.807, 2.05) is 12.1 Å². The van der Waals surface area contributed by atoms with Gasteiger partial charge in [-0.2, -0.15) is 0 Å². The molecule has 2 aliphatic rings. The Morgan fingerprint density at radius 3 is 2.41 bits per heavy atom. The van der Waals surface area contributed by atoms with Gasteiger partial charge in [0.2, 0.25) is 0 Å². The van der Waals surface area contributed by atoms with E-state index in [4.69, 9.17) is 11.5 Å². The number of hydrogen-bond donors (Lipinski definition) is 2. The van der Waals surface area contributed by atoms with Gasteiger partial charge in [0.1, 0.15) is 0 Å². The third kappa shape index (κ3) is 2.67. The largest absolute Gasteiger partial charge is 0.399 e. The molecule has 27 heavy (non-hydrogen) atoms. The van der Waals surface area contributed by atoms with Crippen LogP contribution in [0.3, 0.4) is 0 Å². The zero-order chi connectivity index (χ0) is 19.0. The van der Waals surface area contributed by atoms with Gasteiger partial charge in [-0.15, -0.1) is 0 Å². The first-order chi connectivity index (χ1) is 13.1. The fourth-order valence-electron chi connectivity index (χ4n) is 5.04. The van der Waals surface area contributed by atoms with Crippen LogP contribution in [0.1, 0.15) is 43.4 Å². The van der Waals surface area contributed by atoms with E-state index >= 15 is 0 Å². The molecule has 0 aromatic heterocycles. The standard InChI is InChI=1S/C25H28N2/c1-3-6-23-17(2)22-7-4-5-8-24(22)25(23,18-9-13-20(26)14-10-18)19-11-15-21(27)16-12-19/h3-11,13-15,19,21H,12,16,26-27H2,1-2H3/b6-3-. The predicted octanol–water partition coefficient (Wildman–Crippen LogP) is 5.21. The minimum atomic E-state index is -0.197. The SMILES string of the molecule is C/C=C\C1=C(C)c2ccccc2C1(c1ccc(N)cc1)C1C=CC(N)CC1. The molecule has 0 radical (unpaired) electrons. The molecule has 2 aromatic carbocycles. The van der Waals surface area contributed by atoms with E-state index in [0.29, 0.717) is 5.92 Å². The van der Waals surface area contributed by atoms with Crippen molar-refractivity contribution < 1.29 is 0 Å². The van der Waals surface area contributed by atoms with Gasteiger partial charge in [0.05, 0.1) is 5.41 Å². The molecule has 0 spiro atoms. The average molecular weight is 357 g/mol. The smallest absolute Gasteiger partial charge is 0.0522 e. The predicted molar refractivity (Wildman–Crippen MR) is 115 cm³/mol. The number of hydrogen-bond acceptors (Lipinski definition) is 2. The minimum absolute atomic E-state index is 0.164. The maximum atomic E-state index is 6.18. The van der Waals surface area contributed by atoms with Crippen molar-refractivity contribution in [2.45, 2.75) is 38.1 Å². The molecule has 0 aliphatic heterocycles. The Hall–Kier alpha value is -2.58. The number of allylic oxidation sites excluding steroid dienone is 5. The molecule has 138 valence electrons. The van der Waals surface area contributed by atoms with Crippen molar-refractivity contribution >= 4 is 11.3 Å². The van der Waals surface area contributed by atoms with Crippen LogP contribution in [0.4, 0.5) is 5.69 Å². The summed E-state index contributed by atoms with van der Waals surface area (Å²) in [5.41, 5.74) is 19.6. The Bertz CT molecular complexity index is 933. The number of benzene rings is 2. The zero-order valence-corrected chi connectivity index (χ0v) is 16.2. The summed E-state index contributed by atoms with van der Waals surface area (Å²) < 4.78 is 0. The first-order valence-corrected chi connectivity index (χ1v) is 9.83. The third-order valence-electron chi connectivity index (χ3n) is 6.24. The van der Waals surface area contributed by atoms with E-state index in [0.717, 1.165) is 18.5 Å². The molecule has 2 aliphatic carbocycles. The topological polar surface area (TPSA) is 52.0 Å². The van der Waals surface area contributed by atoms with Crippen LogP contribution < -0.4 is 11.5 Å². The van der Waals surface area contributed by atoms with Crippen LogP contribution in [-0.4, -0.2) is 6.04 Å². The summed E-state index contributed by atoms with van der Waals surface area (Å²) in [6.45, 7) is 4.36. The van der Waals surface area contributed by atoms with Crippen LogP contribution in [0, 0.1) is 5.92 Å². The van der Waals surface area contributed by atoms with Crippen LogP contribution in [0.5, 0.6) is 0 Å². The molecule has 2 heteroatoms. The molecule has 0 fully saturated rings. The summed E-state index contributed by atoms with van der Waals surface area (Å²) in [5.74, 6) is 0.366. The van der Waals surface area contributed by atoms with Gasteiger partial charge in [0.15, 0.2) is 0 Å². The van der Waals surface area contributed by atoms with Crippen molar-refractivity contribution in [3.8, 4) is 0 Å². The van der Waals surface area contributed by atoms with E-state index in [1.165, 1.54) is 27.8 Å². The number of anilines is 1. The normalized spacial score (nSPS) is 27.4. The minimum Gasteiger partial charge on any atom is -0.399 e. The number of nitrogens with two attached hydrogens (primary N) is 2. The maximum absolute atomic E-state index is 6.18. The first kappa shape index (κ1) is 17.8. The fraction of sp³-hybridized carbons (Fsp3) is 0.280. The van der Waals surface area contributed by atoms with Gasteiger partial charge in [0, 0.05) is 11.7 Å². The van der Waals surface area contributed by atoms with Crippen molar-refractivity contribution in [3.05, 3.63) is 95.1 Å². The van der Waals surface area contributed by atoms with Gasteiger partial charge < -0.3 is 11.5 Å². The lowest BCUT2D eigenvalue weighted by Crippen LogP contribution is -2.38. The Morgan fingerprint density at radius 2 is 1.74 bits per heavy atom. The Morgan fingerprint density at radius 1 is 1.00 bits per heavy atom. The summed E-state index contributed by atoms with van der Waals surface area (Å²) in [4.78, 5) is 0. The first-order valence-electron chi connectivity index (χ1n) is 9.83. The van der Waals surface area contributed by atoms with Crippen LogP contribution >= 0.6 is 0 Å². The lowest BCUT2D eigenvalue weighted by atomic mass is 9.60. The van der Waals surface area contributed by atoms with Gasteiger partial charge in [-0.3, -0.25) is 0 Å². The van der Waals surface area contributed by atoms with Gasteiger partial charge >= 0.3 is 0 Å². The van der Waals surface area contributed by atoms with Crippen molar-refractivity contribution in [2.75, 3.05) is 5.73 Å². The lowest BCUT2D eigenvalue weighted by Gasteiger charge is -2.42. The molecule has 0 amide bonds. The quantitative estimate of drug-likeness (QED) is 0.586. The maximum Gasteiger partial charge on any atom is 0.0522 e. The molecular weight excluding hydrogens is 328 g/mol. The summed E-state index contributed by atoms with van der Waals surface area (Å²) in [7, 11) is 0. The monoisotopic (exact) mass is 356 g/mol. The van der Waals surface area contributed by atoms with Crippen LogP contribution in [-0.2, 0) is 5.41 Å². The molecule has 0 saturated heterocycles. The fourth-order valence-corrected chi connectivity index (χ4v) is 5.04. The van der Waals surface area contributed by atoms with Gasteiger partial charge in [0.25, 0.3) is 0 Å². The van der Waals surface area contributed by atoms with E-state index in [9.17, 15) is 0 Å². The molecular formula is C25H28N2. The molecule has 3 unspecified atom stereocenters. The van der Waals surface area contributed by atoms with E-state index in [1.54, 1.807) is 0 Å². The van der Waals surface area contributed by atoms with E-state index < -0.39 is 0 Å². The second-order valence-corrected chi connectivity index (χ2v) is 7.75. The molecule has 2 aromatic rings. The third-order valence-corrected chi connectivity index (χ3v) is 6.24. The molecule has 0 saturated carbocycles. The number of fused-ring (bicyclic) bond motifs is 1.